The van der Waals surface area contributed by atoms with E-state index in [4.69, 9.17) is 16.9 Å². The zero-order valence-corrected chi connectivity index (χ0v) is 9.46. The molecule has 0 unspecified atom stereocenters. The summed E-state index contributed by atoms with van der Waals surface area (Å²) in [5.74, 6) is -1.02. The molecule has 7 heteroatoms. The summed E-state index contributed by atoms with van der Waals surface area (Å²) in [5, 5.41) is 8.77. The standard InChI is InChI=1S/C10H7ClF2N2O2/c1-17-10(16)5-2-7(9(12)13)15-8(4-14)6(5)3-11/h2,9H,3H2,1H3. The zero-order chi connectivity index (χ0) is 13.0. The Labute approximate surface area is 101 Å². The van der Waals surface area contributed by atoms with Gasteiger partial charge in [-0.3, -0.25) is 0 Å². The summed E-state index contributed by atoms with van der Waals surface area (Å²) in [6.07, 6.45) is -2.88. The molecule has 0 spiro atoms. The van der Waals surface area contributed by atoms with Gasteiger partial charge in [0.05, 0.1) is 18.6 Å². The molecule has 0 fully saturated rings. The number of nitriles is 1. The number of hydrogen-bond acceptors (Lipinski definition) is 4. The first-order chi connectivity index (χ1) is 8.04. The van der Waals surface area contributed by atoms with Gasteiger partial charge in [-0.2, -0.15) is 5.26 Å². The third-order valence-corrected chi connectivity index (χ3v) is 2.28. The number of halogens is 3. The Bertz CT molecular complexity index is 486. The Hall–Kier alpha value is -1.74. The highest BCUT2D eigenvalue weighted by molar-refractivity contribution is 6.17. The second-order valence-electron chi connectivity index (χ2n) is 2.96. The van der Waals surface area contributed by atoms with E-state index in [1.54, 1.807) is 6.07 Å². The second kappa shape index (κ2) is 5.55. The molecule has 0 aromatic carbocycles. The maximum absolute atomic E-state index is 12.5. The van der Waals surface area contributed by atoms with Gasteiger partial charge >= 0.3 is 5.97 Å². The van der Waals surface area contributed by atoms with E-state index in [-0.39, 0.29) is 22.7 Å². The van der Waals surface area contributed by atoms with E-state index >= 15 is 0 Å². The number of ether oxygens (including phenoxy) is 1. The van der Waals surface area contributed by atoms with Gasteiger partial charge in [0, 0.05) is 5.56 Å². The molecule has 17 heavy (non-hydrogen) atoms. The predicted molar refractivity (Wildman–Crippen MR) is 54.8 cm³/mol. The molecular formula is C10H7ClF2N2O2. The van der Waals surface area contributed by atoms with E-state index in [1.165, 1.54) is 0 Å². The van der Waals surface area contributed by atoms with Crippen molar-refractivity contribution in [1.82, 2.24) is 4.98 Å². The molecule has 0 amide bonds. The predicted octanol–water partition coefficient (Wildman–Crippen LogP) is 2.42. The van der Waals surface area contributed by atoms with E-state index in [9.17, 15) is 13.6 Å². The molecule has 0 bridgehead atoms. The van der Waals surface area contributed by atoms with Crippen LogP contribution in [-0.2, 0) is 10.6 Å². The minimum absolute atomic E-state index is 0.0883. The van der Waals surface area contributed by atoms with Gasteiger partial charge in [-0.25, -0.2) is 18.6 Å². The third kappa shape index (κ3) is 2.68. The summed E-state index contributed by atoms with van der Waals surface area (Å²) in [5.41, 5.74) is -1.02. The molecule has 0 aliphatic carbocycles. The number of esters is 1. The fourth-order valence-corrected chi connectivity index (χ4v) is 1.49. The van der Waals surface area contributed by atoms with Crippen LogP contribution in [0.15, 0.2) is 6.07 Å². The van der Waals surface area contributed by atoms with Crippen molar-refractivity contribution >= 4 is 17.6 Å². The molecular weight excluding hydrogens is 254 g/mol. The van der Waals surface area contributed by atoms with Crippen LogP contribution >= 0.6 is 11.6 Å². The Morgan fingerprint density at radius 1 is 1.71 bits per heavy atom. The van der Waals surface area contributed by atoms with Gasteiger partial charge in [0.1, 0.15) is 17.5 Å². The maximum Gasteiger partial charge on any atom is 0.338 e. The first-order valence-corrected chi connectivity index (χ1v) is 4.95. The summed E-state index contributed by atoms with van der Waals surface area (Å²) in [7, 11) is 1.11. The van der Waals surface area contributed by atoms with E-state index in [0.717, 1.165) is 13.2 Å². The number of aromatic nitrogens is 1. The normalized spacial score (nSPS) is 10.1. The minimum Gasteiger partial charge on any atom is -0.465 e. The smallest absolute Gasteiger partial charge is 0.338 e. The number of carbonyl (C=O) groups is 1. The number of methoxy groups -OCH3 is 1. The van der Waals surface area contributed by atoms with Gasteiger partial charge in [0.25, 0.3) is 6.43 Å². The lowest BCUT2D eigenvalue weighted by Crippen LogP contribution is -2.10. The summed E-state index contributed by atoms with van der Waals surface area (Å²) >= 11 is 5.56. The molecule has 1 rings (SSSR count). The monoisotopic (exact) mass is 260 g/mol. The zero-order valence-electron chi connectivity index (χ0n) is 8.71. The lowest BCUT2D eigenvalue weighted by Gasteiger charge is -2.09. The second-order valence-corrected chi connectivity index (χ2v) is 3.23. The Morgan fingerprint density at radius 2 is 2.35 bits per heavy atom. The number of nitrogens with zero attached hydrogens (tertiary/aromatic N) is 2. The fourth-order valence-electron chi connectivity index (χ4n) is 1.22. The highest BCUT2D eigenvalue weighted by atomic mass is 35.5. The van der Waals surface area contributed by atoms with Crippen LogP contribution in [0.1, 0.15) is 33.7 Å². The van der Waals surface area contributed by atoms with Crippen LogP contribution in [0.2, 0.25) is 0 Å². The average Bonchev–Trinajstić information content (AvgIpc) is 2.35. The Balaban J connectivity index is 3.49. The maximum atomic E-state index is 12.5. The Kier molecular flexibility index (Phi) is 4.35. The first-order valence-electron chi connectivity index (χ1n) is 4.41. The number of pyridine rings is 1. The Morgan fingerprint density at radius 3 is 2.76 bits per heavy atom. The average molecular weight is 261 g/mol. The lowest BCUT2D eigenvalue weighted by molar-refractivity contribution is 0.0599. The molecule has 1 aromatic heterocycles. The van der Waals surface area contributed by atoms with Gasteiger partial charge in [-0.05, 0) is 6.07 Å². The first kappa shape index (κ1) is 13.3. The molecule has 0 saturated heterocycles. The molecule has 90 valence electrons. The number of carbonyl (C=O) groups excluding carboxylic acids is 1. The van der Waals surface area contributed by atoms with Crippen molar-refractivity contribution in [2.75, 3.05) is 7.11 Å². The molecule has 1 aromatic rings. The number of alkyl halides is 3. The minimum atomic E-state index is -2.88. The van der Waals surface area contributed by atoms with Gasteiger partial charge in [0.15, 0.2) is 0 Å². The quantitative estimate of drug-likeness (QED) is 0.618. The van der Waals surface area contributed by atoms with Crippen molar-refractivity contribution in [2.45, 2.75) is 12.3 Å². The molecule has 0 radical (unpaired) electrons. The van der Waals surface area contributed by atoms with Crippen LogP contribution in [0.3, 0.4) is 0 Å². The molecule has 0 aliphatic heterocycles. The number of rotatable bonds is 3. The molecule has 0 N–H and O–H groups in total. The van der Waals surface area contributed by atoms with Crippen molar-refractivity contribution in [3.63, 3.8) is 0 Å². The molecule has 1 heterocycles. The SMILES string of the molecule is COC(=O)c1cc(C(F)F)nc(C#N)c1CCl. The van der Waals surface area contributed by atoms with Crippen molar-refractivity contribution < 1.29 is 18.3 Å². The van der Waals surface area contributed by atoms with Crippen LogP contribution in [0.5, 0.6) is 0 Å². The summed E-state index contributed by atoms with van der Waals surface area (Å²) in [6.45, 7) is 0. The topological polar surface area (TPSA) is 63.0 Å². The van der Waals surface area contributed by atoms with E-state index in [1.807, 2.05) is 0 Å². The summed E-state index contributed by atoms with van der Waals surface area (Å²) in [4.78, 5) is 14.8. The largest absolute Gasteiger partial charge is 0.465 e. The van der Waals surface area contributed by atoms with Gasteiger partial charge < -0.3 is 4.74 Å². The van der Waals surface area contributed by atoms with E-state index < -0.39 is 18.1 Å². The summed E-state index contributed by atoms with van der Waals surface area (Å²) in [6, 6.07) is 2.51. The lowest BCUT2D eigenvalue weighted by atomic mass is 10.1. The molecule has 0 saturated carbocycles. The molecule has 0 aliphatic rings. The van der Waals surface area contributed by atoms with Gasteiger partial charge in [-0.15, -0.1) is 11.6 Å². The van der Waals surface area contributed by atoms with Gasteiger partial charge in [-0.1, -0.05) is 0 Å². The van der Waals surface area contributed by atoms with Crippen LogP contribution in [0.25, 0.3) is 0 Å². The summed E-state index contributed by atoms with van der Waals surface area (Å²) < 4.78 is 29.5. The number of hydrogen-bond donors (Lipinski definition) is 0. The highest BCUT2D eigenvalue weighted by Crippen LogP contribution is 2.23. The van der Waals surface area contributed by atoms with Crippen molar-refractivity contribution in [1.29, 1.82) is 5.26 Å². The van der Waals surface area contributed by atoms with Crippen LogP contribution in [0.4, 0.5) is 8.78 Å². The van der Waals surface area contributed by atoms with Crippen molar-refractivity contribution in [3.8, 4) is 6.07 Å². The van der Waals surface area contributed by atoms with E-state index in [0.29, 0.717) is 0 Å². The molecule has 4 nitrogen and oxygen atoms in total. The van der Waals surface area contributed by atoms with Crippen LogP contribution < -0.4 is 0 Å². The molecule has 0 atom stereocenters. The van der Waals surface area contributed by atoms with E-state index in [2.05, 4.69) is 9.72 Å². The van der Waals surface area contributed by atoms with Crippen molar-refractivity contribution in [2.24, 2.45) is 0 Å². The fraction of sp³-hybridized carbons (Fsp3) is 0.300. The third-order valence-electron chi connectivity index (χ3n) is 2.01. The highest BCUT2D eigenvalue weighted by Gasteiger charge is 2.21. The van der Waals surface area contributed by atoms with Gasteiger partial charge in [0.2, 0.25) is 0 Å². The van der Waals surface area contributed by atoms with Crippen molar-refractivity contribution in [3.05, 3.63) is 28.6 Å². The van der Waals surface area contributed by atoms with Crippen LogP contribution in [0, 0.1) is 11.3 Å². The van der Waals surface area contributed by atoms with Crippen LogP contribution in [-0.4, -0.2) is 18.1 Å².